The maximum absolute atomic E-state index is 13.3. The minimum absolute atomic E-state index is 0.0595. The topological polar surface area (TPSA) is 113 Å². The zero-order valence-corrected chi connectivity index (χ0v) is 16.0. The summed E-state index contributed by atoms with van der Waals surface area (Å²) in [6, 6.07) is 13.2. The average Bonchev–Trinajstić information content (AvgIpc) is 3.13. The van der Waals surface area contributed by atoms with Crippen LogP contribution in [-0.4, -0.2) is 25.4 Å². The second-order valence-electron chi connectivity index (χ2n) is 6.91. The van der Waals surface area contributed by atoms with Gasteiger partial charge in [0.2, 0.25) is 11.7 Å². The van der Waals surface area contributed by atoms with Crippen molar-refractivity contribution in [3.63, 3.8) is 0 Å². The summed E-state index contributed by atoms with van der Waals surface area (Å²) in [5.41, 5.74) is 2.58. The number of carbonyl (C=O) groups excluding carboxylic acids is 1. The highest BCUT2D eigenvalue weighted by molar-refractivity contribution is 5.91. The van der Waals surface area contributed by atoms with E-state index < -0.39 is 17.1 Å². The fraction of sp³-hybridized carbons (Fsp3) is 0.143. The molecule has 0 saturated carbocycles. The number of aromatic amines is 2. The van der Waals surface area contributed by atoms with Crippen molar-refractivity contribution in [2.45, 2.75) is 19.9 Å². The molecule has 4 rings (SSSR count). The molecule has 0 aliphatic rings. The third kappa shape index (κ3) is 4.04. The Balaban J connectivity index is 1.41. The van der Waals surface area contributed by atoms with Crippen molar-refractivity contribution in [1.29, 1.82) is 0 Å². The molecule has 0 atom stereocenters. The minimum Gasteiger partial charge on any atom is -0.338 e. The summed E-state index contributed by atoms with van der Waals surface area (Å²) >= 11 is 0. The molecule has 152 valence electrons. The van der Waals surface area contributed by atoms with Gasteiger partial charge >= 0.3 is 5.69 Å². The Hall–Kier alpha value is -4.01. The van der Waals surface area contributed by atoms with E-state index in [9.17, 15) is 18.8 Å². The molecule has 0 radical (unpaired) electrons. The highest BCUT2D eigenvalue weighted by Gasteiger charge is 2.09. The standard InChI is InChI=1S/C21H18FN5O3/c1-12-2-7-16-17(10-12)25-19(24-16)13-3-5-14(6-4-13)23-18(28)8-9-27-11-15(22)20(29)26-21(27)30/h2-7,10-11H,8-9H2,1H3,(H,23,28)(H,24,25)(H,26,29,30). The van der Waals surface area contributed by atoms with E-state index in [4.69, 9.17) is 0 Å². The molecule has 0 fully saturated rings. The van der Waals surface area contributed by atoms with Crippen molar-refractivity contribution < 1.29 is 9.18 Å². The van der Waals surface area contributed by atoms with Gasteiger partial charge in [0.15, 0.2) is 0 Å². The molecule has 9 heteroatoms. The Labute approximate surface area is 169 Å². The molecule has 0 saturated heterocycles. The molecule has 1 amide bonds. The van der Waals surface area contributed by atoms with Crippen molar-refractivity contribution in [2.75, 3.05) is 5.32 Å². The number of hydrogen-bond donors (Lipinski definition) is 3. The maximum atomic E-state index is 13.3. The molecule has 0 spiro atoms. The monoisotopic (exact) mass is 407 g/mol. The average molecular weight is 407 g/mol. The van der Waals surface area contributed by atoms with Crippen LogP contribution in [0, 0.1) is 12.7 Å². The molecule has 3 N–H and O–H groups in total. The van der Waals surface area contributed by atoms with Crippen LogP contribution in [0.15, 0.2) is 58.3 Å². The van der Waals surface area contributed by atoms with Gasteiger partial charge in [-0.15, -0.1) is 0 Å². The third-order valence-electron chi connectivity index (χ3n) is 4.63. The molecule has 0 aliphatic carbocycles. The third-order valence-corrected chi connectivity index (χ3v) is 4.63. The lowest BCUT2D eigenvalue weighted by Crippen LogP contribution is -2.32. The number of carbonyl (C=O) groups is 1. The number of rotatable bonds is 5. The lowest BCUT2D eigenvalue weighted by Gasteiger charge is -2.07. The molecule has 0 aliphatic heterocycles. The summed E-state index contributed by atoms with van der Waals surface area (Å²) in [5, 5.41) is 2.72. The number of hydrogen-bond acceptors (Lipinski definition) is 4. The second kappa shape index (κ2) is 7.78. The number of H-pyrrole nitrogens is 2. The van der Waals surface area contributed by atoms with Crippen molar-refractivity contribution in [1.82, 2.24) is 19.5 Å². The van der Waals surface area contributed by atoms with E-state index in [1.807, 2.05) is 42.2 Å². The van der Waals surface area contributed by atoms with Crippen LogP contribution in [0.2, 0.25) is 0 Å². The quantitative estimate of drug-likeness (QED) is 0.472. The predicted octanol–water partition coefficient (Wildman–Crippen LogP) is 2.56. The largest absolute Gasteiger partial charge is 0.338 e. The lowest BCUT2D eigenvalue weighted by molar-refractivity contribution is -0.116. The van der Waals surface area contributed by atoms with Gasteiger partial charge in [0.05, 0.1) is 17.2 Å². The number of fused-ring (bicyclic) bond motifs is 1. The van der Waals surface area contributed by atoms with Gasteiger partial charge in [0, 0.05) is 24.2 Å². The first-order valence-electron chi connectivity index (χ1n) is 9.25. The summed E-state index contributed by atoms with van der Waals surface area (Å²) in [6.45, 7) is 1.95. The van der Waals surface area contributed by atoms with E-state index >= 15 is 0 Å². The molecule has 8 nitrogen and oxygen atoms in total. The first kappa shape index (κ1) is 19.3. The van der Waals surface area contributed by atoms with Gasteiger partial charge in [-0.3, -0.25) is 19.1 Å². The summed E-state index contributed by atoms with van der Waals surface area (Å²) in [4.78, 5) is 44.5. The minimum atomic E-state index is -1.08. The van der Waals surface area contributed by atoms with Crippen LogP contribution in [0.25, 0.3) is 22.4 Å². The maximum Gasteiger partial charge on any atom is 0.328 e. The number of aromatic nitrogens is 4. The van der Waals surface area contributed by atoms with Gasteiger partial charge in [-0.05, 0) is 48.9 Å². The Morgan fingerprint density at radius 1 is 1.13 bits per heavy atom. The summed E-state index contributed by atoms with van der Waals surface area (Å²) in [6.07, 6.45) is 0.730. The molecule has 2 aromatic heterocycles. The fourth-order valence-corrected chi connectivity index (χ4v) is 3.07. The fourth-order valence-electron chi connectivity index (χ4n) is 3.07. The zero-order valence-electron chi connectivity index (χ0n) is 16.0. The zero-order chi connectivity index (χ0) is 21.3. The molecule has 0 unspecified atom stereocenters. The lowest BCUT2D eigenvalue weighted by atomic mass is 10.2. The molecule has 2 heterocycles. The molecular formula is C21H18FN5O3. The van der Waals surface area contributed by atoms with E-state index in [1.165, 1.54) is 0 Å². The molecule has 0 bridgehead atoms. The predicted molar refractivity (Wildman–Crippen MR) is 111 cm³/mol. The molecule has 30 heavy (non-hydrogen) atoms. The normalized spacial score (nSPS) is 11.0. The van der Waals surface area contributed by atoms with E-state index in [-0.39, 0.29) is 18.9 Å². The number of benzene rings is 2. The first-order valence-corrected chi connectivity index (χ1v) is 9.25. The van der Waals surface area contributed by atoms with E-state index in [1.54, 1.807) is 12.1 Å². The number of aryl methyl sites for hydroxylation is 2. The van der Waals surface area contributed by atoms with Crippen LogP contribution in [0.3, 0.4) is 0 Å². The number of halogens is 1. The highest BCUT2D eigenvalue weighted by Crippen LogP contribution is 2.22. The number of imidazole rings is 1. The van der Waals surface area contributed by atoms with E-state index in [2.05, 4.69) is 15.3 Å². The van der Waals surface area contributed by atoms with Crippen molar-refractivity contribution in [3.05, 3.63) is 80.9 Å². The van der Waals surface area contributed by atoms with E-state index in [0.717, 1.165) is 38.7 Å². The van der Waals surface area contributed by atoms with Crippen LogP contribution >= 0.6 is 0 Å². The van der Waals surface area contributed by atoms with Crippen LogP contribution in [-0.2, 0) is 11.3 Å². The van der Waals surface area contributed by atoms with Crippen molar-refractivity contribution >= 4 is 22.6 Å². The Kier molecular flexibility index (Phi) is 5.01. The molecule has 2 aromatic carbocycles. The summed E-state index contributed by atoms with van der Waals surface area (Å²) in [5.74, 6) is -0.695. The first-order chi connectivity index (χ1) is 14.4. The van der Waals surface area contributed by atoms with Crippen LogP contribution < -0.4 is 16.6 Å². The van der Waals surface area contributed by atoms with Crippen LogP contribution in [0.1, 0.15) is 12.0 Å². The summed E-state index contributed by atoms with van der Waals surface area (Å²) < 4.78 is 14.2. The van der Waals surface area contributed by atoms with E-state index in [0.29, 0.717) is 5.69 Å². The highest BCUT2D eigenvalue weighted by atomic mass is 19.1. The van der Waals surface area contributed by atoms with Gasteiger partial charge in [0.1, 0.15) is 5.82 Å². The Morgan fingerprint density at radius 3 is 2.67 bits per heavy atom. The molecular weight excluding hydrogens is 389 g/mol. The van der Waals surface area contributed by atoms with Gasteiger partial charge in [-0.1, -0.05) is 6.07 Å². The number of nitrogens with one attached hydrogen (secondary N) is 3. The smallest absolute Gasteiger partial charge is 0.328 e. The van der Waals surface area contributed by atoms with Gasteiger partial charge in [-0.25, -0.2) is 9.78 Å². The molecule has 4 aromatic rings. The van der Waals surface area contributed by atoms with Crippen molar-refractivity contribution in [3.8, 4) is 11.4 Å². The number of nitrogens with zero attached hydrogens (tertiary/aromatic N) is 2. The Bertz CT molecular complexity index is 1350. The van der Waals surface area contributed by atoms with Crippen LogP contribution in [0.4, 0.5) is 10.1 Å². The number of amides is 1. The van der Waals surface area contributed by atoms with Gasteiger partial charge < -0.3 is 10.3 Å². The van der Waals surface area contributed by atoms with Gasteiger partial charge in [0.25, 0.3) is 5.56 Å². The Morgan fingerprint density at radius 2 is 1.90 bits per heavy atom. The summed E-state index contributed by atoms with van der Waals surface area (Å²) in [7, 11) is 0. The van der Waals surface area contributed by atoms with Gasteiger partial charge in [-0.2, -0.15) is 4.39 Å². The SMILES string of the molecule is Cc1ccc2nc(-c3ccc(NC(=O)CCn4cc(F)c(=O)[nH]c4=O)cc3)[nH]c2c1. The number of anilines is 1. The van der Waals surface area contributed by atoms with Crippen LogP contribution in [0.5, 0.6) is 0 Å². The van der Waals surface area contributed by atoms with Crippen molar-refractivity contribution in [2.24, 2.45) is 0 Å². The second-order valence-corrected chi connectivity index (χ2v) is 6.91.